The van der Waals surface area contributed by atoms with E-state index in [0.717, 1.165) is 5.56 Å². The first-order valence-electron chi connectivity index (χ1n) is 11.6. The Bertz CT molecular complexity index is 1200. The van der Waals surface area contributed by atoms with E-state index in [0.29, 0.717) is 49.5 Å². The number of hydrogen-bond donors (Lipinski definition) is 1. The molecule has 35 heavy (non-hydrogen) atoms. The lowest BCUT2D eigenvalue weighted by molar-refractivity contribution is -0.117. The van der Waals surface area contributed by atoms with E-state index in [1.165, 1.54) is 0 Å². The van der Waals surface area contributed by atoms with Crippen LogP contribution < -0.4 is 14.8 Å². The molecule has 1 aliphatic rings. The number of piperidine rings is 1. The molecule has 0 unspecified atom stereocenters. The molecular weight excluding hydrogens is 440 g/mol. The van der Waals surface area contributed by atoms with Gasteiger partial charge in [0.05, 0.1) is 12.8 Å². The van der Waals surface area contributed by atoms with Crippen molar-refractivity contribution in [3.8, 4) is 17.7 Å². The summed E-state index contributed by atoms with van der Waals surface area (Å²) in [4.78, 5) is 19.1. The first-order chi connectivity index (χ1) is 17.1. The molecule has 0 spiro atoms. The number of methoxy groups -OCH3 is 1. The largest absolute Gasteiger partial charge is 0.495 e. The fraction of sp³-hybridized carbons (Fsp3) is 0.250. The lowest BCUT2D eigenvalue weighted by atomic mass is 9.70. The van der Waals surface area contributed by atoms with Crippen LogP contribution in [0.25, 0.3) is 0 Å². The van der Waals surface area contributed by atoms with Gasteiger partial charge in [-0.15, -0.1) is 4.99 Å². The molecule has 4 rings (SSSR count). The number of ether oxygens (including phenoxy) is 2. The fourth-order valence-corrected chi connectivity index (χ4v) is 4.53. The van der Waals surface area contributed by atoms with Gasteiger partial charge in [0.25, 0.3) is 0 Å². The maximum Gasteiger partial charge on any atom is 0.308 e. The molecule has 1 heterocycles. The van der Waals surface area contributed by atoms with Gasteiger partial charge in [-0.1, -0.05) is 60.7 Å². The highest BCUT2D eigenvalue weighted by Crippen LogP contribution is 2.39. The summed E-state index contributed by atoms with van der Waals surface area (Å²) in [6.07, 6.45) is 3.59. The first kappa shape index (κ1) is 23.8. The van der Waals surface area contributed by atoms with E-state index in [-0.39, 0.29) is 17.3 Å². The predicted octanol–water partition coefficient (Wildman–Crippen LogP) is 4.97. The van der Waals surface area contributed by atoms with Gasteiger partial charge in [0.15, 0.2) is 0 Å². The van der Waals surface area contributed by atoms with Crippen molar-refractivity contribution in [2.24, 2.45) is 4.99 Å². The number of amides is 1. The molecule has 0 aliphatic carbocycles. The monoisotopic (exact) mass is 468 g/mol. The molecule has 0 bridgehead atoms. The number of rotatable bonds is 6. The Kier molecular flexibility index (Phi) is 7.63. The van der Waals surface area contributed by atoms with Crippen LogP contribution >= 0.6 is 0 Å². The van der Waals surface area contributed by atoms with E-state index in [1.54, 1.807) is 7.11 Å². The summed E-state index contributed by atoms with van der Waals surface area (Å²) < 4.78 is 11.3. The third-order valence-electron chi connectivity index (χ3n) is 6.36. The van der Waals surface area contributed by atoms with Gasteiger partial charge in [-0.25, -0.2) is 0 Å². The third-order valence-corrected chi connectivity index (χ3v) is 6.36. The van der Waals surface area contributed by atoms with Gasteiger partial charge in [-0.05, 0) is 42.7 Å². The van der Waals surface area contributed by atoms with E-state index in [2.05, 4.69) is 22.4 Å². The number of nitrogens with zero attached hydrogens (tertiary/aromatic N) is 3. The fourth-order valence-electron chi connectivity index (χ4n) is 4.53. The Morgan fingerprint density at radius 2 is 1.63 bits per heavy atom. The normalized spacial score (nSPS) is 15.1. The zero-order chi connectivity index (χ0) is 24.5. The van der Waals surface area contributed by atoms with Crippen LogP contribution in [0, 0.1) is 11.5 Å². The SMILES string of the molecule is COc1ccccc1NC(=O)CC1(c2ccccc2)CCN(C(=NC#N)Oc2ccccc2)CC1. The second-order valence-corrected chi connectivity index (χ2v) is 8.47. The van der Waals surface area contributed by atoms with Crippen LogP contribution in [-0.4, -0.2) is 37.0 Å². The Hall–Kier alpha value is -4.31. The molecule has 3 aromatic carbocycles. The molecule has 1 saturated heterocycles. The van der Waals surface area contributed by atoms with Gasteiger partial charge in [-0.3, -0.25) is 4.79 Å². The van der Waals surface area contributed by atoms with Crippen LogP contribution in [0.4, 0.5) is 5.69 Å². The van der Waals surface area contributed by atoms with Crippen molar-refractivity contribution in [1.29, 1.82) is 5.26 Å². The van der Waals surface area contributed by atoms with Crippen LogP contribution in [0.3, 0.4) is 0 Å². The molecule has 7 heteroatoms. The number of nitriles is 1. The molecule has 1 fully saturated rings. The third kappa shape index (κ3) is 5.79. The molecule has 1 N–H and O–H groups in total. The van der Waals surface area contributed by atoms with Crippen molar-refractivity contribution in [2.75, 3.05) is 25.5 Å². The van der Waals surface area contributed by atoms with Crippen LogP contribution in [0.2, 0.25) is 0 Å². The average molecular weight is 469 g/mol. The number of aliphatic imine (C=N–C) groups is 1. The number of para-hydroxylation sites is 3. The molecule has 178 valence electrons. The quantitative estimate of drug-likeness (QED) is 0.313. The van der Waals surface area contributed by atoms with E-state index in [4.69, 9.17) is 9.47 Å². The predicted molar refractivity (Wildman–Crippen MR) is 135 cm³/mol. The molecule has 1 aliphatic heterocycles. The summed E-state index contributed by atoms with van der Waals surface area (Å²) >= 11 is 0. The van der Waals surface area contributed by atoms with Crippen molar-refractivity contribution >= 4 is 17.6 Å². The van der Waals surface area contributed by atoms with Crippen molar-refractivity contribution in [1.82, 2.24) is 4.90 Å². The van der Waals surface area contributed by atoms with Crippen LogP contribution in [0.5, 0.6) is 11.5 Å². The molecular formula is C28H28N4O3. The zero-order valence-corrected chi connectivity index (χ0v) is 19.7. The maximum atomic E-state index is 13.2. The molecule has 0 saturated carbocycles. The minimum absolute atomic E-state index is 0.0711. The van der Waals surface area contributed by atoms with Crippen LogP contribution in [0.1, 0.15) is 24.8 Å². The van der Waals surface area contributed by atoms with E-state index in [1.807, 2.05) is 83.9 Å². The number of likely N-dealkylation sites (tertiary alicyclic amines) is 1. The number of carbonyl (C=O) groups is 1. The number of nitrogens with one attached hydrogen (secondary N) is 1. The summed E-state index contributed by atoms with van der Waals surface area (Å²) in [5.74, 6) is 1.18. The lowest BCUT2D eigenvalue weighted by Gasteiger charge is -2.42. The summed E-state index contributed by atoms with van der Waals surface area (Å²) in [5.41, 5.74) is 1.42. The molecule has 1 amide bonds. The van der Waals surface area contributed by atoms with E-state index < -0.39 is 0 Å². The maximum absolute atomic E-state index is 13.2. The van der Waals surface area contributed by atoms with Gasteiger partial charge in [0.1, 0.15) is 11.5 Å². The summed E-state index contributed by atoms with van der Waals surface area (Å²) in [5, 5.41) is 12.2. The van der Waals surface area contributed by atoms with Crippen LogP contribution in [0.15, 0.2) is 89.9 Å². The molecule has 0 radical (unpaired) electrons. The average Bonchev–Trinajstić information content (AvgIpc) is 2.90. The Morgan fingerprint density at radius 3 is 2.29 bits per heavy atom. The van der Waals surface area contributed by atoms with Crippen molar-refractivity contribution in [2.45, 2.75) is 24.7 Å². The van der Waals surface area contributed by atoms with E-state index in [9.17, 15) is 10.1 Å². The second-order valence-electron chi connectivity index (χ2n) is 8.47. The number of hydrogen-bond acceptors (Lipinski definition) is 5. The molecule has 0 atom stereocenters. The van der Waals surface area contributed by atoms with Crippen molar-refractivity contribution < 1.29 is 14.3 Å². The van der Waals surface area contributed by atoms with Gasteiger partial charge in [0.2, 0.25) is 12.1 Å². The zero-order valence-electron chi connectivity index (χ0n) is 19.7. The van der Waals surface area contributed by atoms with Gasteiger partial charge in [-0.2, -0.15) is 5.26 Å². The smallest absolute Gasteiger partial charge is 0.308 e. The highest BCUT2D eigenvalue weighted by molar-refractivity contribution is 5.93. The highest BCUT2D eigenvalue weighted by atomic mass is 16.5. The second kappa shape index (κ2) is 11.2. The van der Waals surface area contributed by atoms with E-state index >= 15 is 0 Å². The molecule has 7 nitrogen and oxygen atoms in total. The van der Waals surface area contributed by atoms with Gasteiger partial charge >= 0.3 is 6.02 Å². The Labute approximate surface area is 205 Å². The highest BCUT2D eigenvalue weighted by Gasteiger charge is 2.39. The summed E-state index contributed by atoms with van der Waals surface area (Å²) in [7, 11) is 1.59. The van der Waals surface area contributed by atoms with Gasteiger partial charge in [0, 0.05) is 24.9 Å². The minimum Gasteiger partial charge on any atom is -0.495 e. The summed E-state index contributed by atoms with van der Waals surface area (Å²) in [6, 6.07) is 27.1. The molecule has 3 aromatic rings. The topological polar surface area (TPSA) is 87.0 Å². The summed E-state index contributed by atoms with van der Waals surface area (Å²) in [6.45, 7) is 1.20. The van der Waals surface area contributed by atoms with Gasteiger partial charge < -0.3 is 19.7 Å². The lowest BCUT2D eigenvalue weighted by Crippen LogP contribution is -2.48. The number of benzene rings is 3. The Balaban J connectivity index is 1.52. The van der Waals surface area contributed by atoms with Crippen LogP contribution in [-0.2, 0) is 10.2 Å². The number of carbonyl (C=O) groups excluding carboxylic acids is 1. The standard InChI is InChI=1S/C28H28N4O3/c1-34-25-15-9-8-14-24(25)31-26(33)20-28(22-10-4-2-5-11-22)16-18-32(19-17-28)27(30-21-29)35-23-12-6-3-7-13-23/h2-15H,16-20H2,1H3,(H,31,33). The number of anilines is 1. The molecule has 0 aromatic heterocycles. The number of amidine groups is 1. The Morgan fingerprint density at radius 1 is 1.00 bits per heavy atom. The van der Waals surface area contributed by atoms with Crippen molar-refractivity contribution in [3.05, 3.63) is 90.5 Å². The first-order valence-corrected chi connectivity index (χ1v) is 11.6. The van der Waals surface area contributed by atoms with Crippen molar-refractivity contribution in [3.63, 3.8) is 0 Å². The minimum atomic E-state index is -0.353.